The van der Waals surface area contributed by atoms with Gasteiger partial charge in [0.05, 0.1) is 22.9 Å². The summed E-state index contributed by atoms with van der Waals surface area (Å²) in [6.45, 7) is 6.19. The van der Waals surface area contributed by atoms with Crippen LogP contribution in [0.2, 0.25) is 0 Å². The van der Waals surface area contributed by atoms with Crippen LogP contribution >= 0.6 is 0 Å². The third-order valence-electron chi connectivity index (χ3n) is 10.5. The fourth-order valence-corrected chi connectivity index (χ4v) is 7.63. The van der Waals surface area contributed by atoms with Crippen LogP contribution in [0.5, 0.6) is 0 Å². The van der Waals surface area contributed by atoms with Gasteiger partial charge in [0.1, 0.15) is 0 Å². The van der Waals surface area contributed by atoms with E-state index in [-0.39, 0.29) is 61.4 Å². The molecule has 3 aromatic rings. The molecular formula is C40H50F2N6O3. The number of fused-ring (bicyclic) bond motifs is 1. The summed E-state index contributed by atoms with van der Waals surface area (Å²) in [4.78, 5) is 49.8. The number of carbonyl (C=O) groups is 3. The summed E-state index contributed by atoms with van der Waals surface area (Å²) in [7, 11) is 0. The highest BCUT2D eigenvalue weighted by Crippen LogP contribution is 2.36. The van der Waals surface area contributed by atoms with Crippen LogP contribution in [0.25, 0.3) is 0 Å². The Morgan fingerprint density at radius 1 is 0.941 bits per heavy atom. The van der Waals surface area contributed by atoms with Crippen molar-refractivity contribution in [2.45, 2.75) is 75.9 Å². The number of rotatable bonds is 15. The first-order chi connectivity index (χ1) is 24.8. The van der Waals surface area contributed by atoms with E-state index >= 15 is 0 Å². The summed E-state index contributed by atoms with van der Waals surface area (Å²) in [6, 6.07) is 22.9. The van der Waals surface area contributed by atoms with Crippen LogP contribution in [-0.4, -0.2) is 95.2 Å². The Bertz CT molecular complexity index is 1560. The third-order valence-corrected chi connectivity index (χ3v) is 10.5. The predicted molar refractivity (Wildman–Crippen MR) is 192 cm³/mol. The van der Waals surface area contributed by atoms with E-state index in [4.69, 9.17) is 0 Å². The molecule has 3 aliphatic rings. The molecule has 272 valence electrons. The second-order valence-corrected chi connectivity index (χ2v) is 14.3. The van der Waals surface area contributed by atoms with Crippen molar-refractivity contribution in [1.82, 2.24) is 30.3 Å². The quantitative estimate of drug-likeness (QED) is 0.155. The van der Waals surface area contributed by atoms with E-state index in [2.05, 4.69) is 25.4 Å². The van der Waals surface area contributed by atoms with E-state index in [1.807, 2.05) is 54.7 Å². The minimum atomic E-state index is -2.66. The van der Waals surface area contributed by atoms with E-state index in [0.29, 0.717) is 30.6 Å². The van der Waals surface area contributed by atoms with E-state index < -0.39 is 5.92 Å². The van der Waals surface area contributed by atoms with Crippen molar-refractivity contribution < 1.29 is 23.2 Å². The van der Waals surface area contributed by atoms with E-state index in [0.717, 1.165) is 69.8 Å². The SMILES string of the molecule is O=C(N[C@@H](CCN1CCCN[C@@H](CN(CCCCN2C(=O)c3ccccc3C2=O)Cc2ccccn2)C1)c1ccccc1)C1CCC(F)(F)CC1. The maximum atomic E-state index is 13.8. The maximum absolute atomic E-state index is 13.8. The lowest BCUT2D eigenvalue weighted by Crippen LogP contribution is -2.46. The molecule has 51 heavy (non-hydrogen) atoms. The molecule has 1 saturated carbocycles. The Morgan fingerprint density at radius 2 is 1.65 bits per heavy atom. The van der Waals surface area contributed by atoms with E-state index in [1.54, 1.807) is 24.3 Å². The average molecular weight is 701 g/mol. The molecule has 3 amide bonds. The Balaban J connectivity index is 1.04. The number of benzene rings is 2. The molecule has 0 unspecified atom stereocenters. The number of hydrogen-bond donors (Lipinski definition) is 2. The number of nitrogens with one attached hydrogen (secondary N) is 2. The predicted octanol–water partition coefficient (Wildman–Crippen LogP) is 5.70. The molecule has 0 spiro atoms. The van der Waals surface area contributed by atoms with Crippen LogP contribution in [0.15, 0.2) is 79.0 Å². The highest BCUT2D eigenvalue weighted by Gasteiger charge is 2.38. The molecule has 9 nitrogen and oxygen atoms in total. The van der Waals surface area contributed by atoms with Gasteiger partial charge >= 0.3 is 0 Å². The lowest BCUT2D eigenvalue weighted by Gasteiger charge is -2.32. The number of alkyl halides is 2. The van der Waals surface area contributed by atoms with Crippen molar-refractivity contribution in [3.63, 3.8) is 0 Å². The van der Waals surface area contributed by atoms with Crippen molar-refractivity contribution in [3.05, 3.63) is 101 Å². The van der Waals surface area contributed by atoms with Crippen molar-refractivity contribution in [1.29, 1.82) is 0 Å². The molecule has 2 fully saturated rings. The molecule has 0 bridgehead atoms. The van der Waals surface area contributed by atoms with Crippen LogP contribution in [0.1, 0.15) is 89.4 Å². The highest BCUT2D eigenvalue weighted by molar-refractivity contribution is 6.21. The number of pyridine rings is 1. The zero-order valence-electron chi connectivity index (χ0n) is 29.3. The molecule has 0 radical (unpaired) electrons. The second kappa shape index (κ2) is 17.4. The van der Waals surface area contributed by atoms with Gasteiger partial charge in [0.25, 0.3) is 11.8 Å². The lowest BCUT2D eigenvalue weighted by atomic mass is 9.86. The summed E-state index contributed by atoms with van der Waals surface area (Å²) in [5.74, 6) is -3.59. The number of amides is 3. The largest absolute Gasteiger partial charge is 0.349 e. The minimum Gasteiger partial charge on any atom is -0.349 e. The number of aromatic nitrogens is 1. The zero-order chi connectivity index (χ0) is 35.6. The molecule has 11 heteroatoms. The Kier molecular flexibility index (Phi) is 12.6. The van der Waals surface area contributed by atoms with Crippen LogP contribution in [0.4, 0.5) is 8.78 Å². The molecule has 1 aliphatic carbocycles. The molecule has 2 aromatic carbocycles. The third kappa shape index (κ3) is 10.1. The Morgan fingerprint density at radius 3 is 2.35 bits per heavy atom. The average Bonchev–Trinajstić information content (AvgIpc) is 3.25. The van der Waals surface area contributed by atoms with E-state index in [9.17, 15) is 23.2 Å². The van der Waals surface area contributed by atoms with Gasteiger partial charge in [-0.1, -0.05) is 48.5 Å². The number of nitrogens with zero attached hydrogens (tertiary/aromatic N) is 4. The van der Waals surface area contributed by atoms with Gasteiger partial charge in [0.2, 0.25) is 11.8 Å². The molecule has 2 atom stereocenters. The smallest absolute Gasteiger partial charge is 0.261 e. The fourth-order valence-electron chi connectivity index (χ4n) is 7.63. The Labute approximate surface area is 299 Å². The Hall–Kier alpha value is -4.06. The standard InChI is InChI=1S/C40H50F2N6O3/c41-40(42)19-16-31(17-20-40)37(49)45-36(30-11-2-1-3-12-30)18-26-46-24-10-22-44-33(28-46)29-47(27-32-13-6-7-21-43-32)23-8-9-25-48-38(50)34-14-4-5-15-35(34)39(48)51/h1-7,11-15,21,31,33,36,44H,8-10,16-20,22-29H2,(H,45,49)/t33-,36+/m1/s1. The summed E-state index contributed by atoms with van der Waals surface area (Å²) in [5.41, 5.74) is 2.99. The van der Waals surface area contributed by atoms with Gasteiger partial charge in [-0.3, -0.25) is 29.2 Å². The molecular weight excluding hydrogens is 650 g/mol. The van der Waals surface area contributed by atoms with Gasteiger partial charge in [-0.25, -0.2) is 8.78 Å². The summed E-state index contributed by atoms with van der Waals surface area (Å²) in [6.07, 6.45) is 5.07. The van der Waals surface area contributed by atoms with Gasteiger partial charge in [-0.15, -0.1) is 0 Å². The molecule has 2 aliphatic heterocycles. The van der Waals surface area contributed by atoms with Gasteiger partial charge in [0.15, 0.2) is 0 Å². The number of carbonyl (C=O) groups excluding carboxylic acids is 3. The summed E-state index contributed by atoms with van der Waals surface area (Å²) in [5, 5.41) is 6.98. The van der Waals surface area contributed by atoms with E-state index in [1.165, 1.54) is 4.90 Å². The minimum absolute atomic E-state index is 0.122. The zero-order valence-corrected chi connectivity index (χ0v) is 29.3. The highest BCUT2D eigenvalue weighted by atomic mass is 19.3. The summed E-state index contributed by atoms with van der Waals surface area (Å²) < 4.78 is 27.6. The van der Waals surface area contributed by atoms with Gasteiger partial charge < -0.3 is 15.5 Å². The topological polar surface area (TPSA) is 97.9 Å². The van der Waals surface area contributed by atoms with Gasteiger partial charge in [-0.05, 0) is 88.0 Å². The van der Waals surface area contributed by atoms with Crippen LogP contribution < -0.4 is 10.6 Å². The van der Waals surface area contributed by atoms with Gasteiger partial charge in [0, 0.05) is 63.7 Å². The first-order valence-electron chi connectivity index (χ1n) is 18.5. The first-order valence-corrected chi connectivity index (χ1v) is 18.5. The number of hydrogen-bond acceptors (Lipinski definition) is 7. The monoisotopic (exact) mass is 700 g/mol. The van der Waals surface area contributed by atoms with Crippen LogP contribution in [0, 0.1) is 5.92 Å². The van der Waals surface area contributed by atoms with Crippen LogP contribution in [0.3, 0.4) is 0 Å². The number of imide groups is 1. The molecule has 1 saturated heterocycles. The normalized spacial score (nSPS) is 20.3. The maximum Gasteiger partial charge on any atom is 0.261 e. The van der Waals surface area contributed by atoms with Crippen LogP contribution in [-0.2, 0) is 11.3 Å². The number of unbranched alkanes of at least 4 members (excludes halogenated alkanes) is 1. The molecule has 1 aromatic heterocycles. The molecule has 2 N–H and O–H groups in total. The molecule has 6 rings (SSSR count). The first kappa shape index (κ1) is 36.7. The molecule has 3 heterocycles. The van der Waals surface area contributed by atoms with Crippen molar-refractivity contribution in [2.24, 2.45) is 5.92 Å². The number of halogens is 2. The van der Waals surface area contributed by atoms with Crippen molar-refractivity contribution in [3.8, 4) is 0 Å². The van der Waals surface area contributed by atoms with Crippen molar-refractivity contribution in [2.75, 3.05) is 45.8 Å². The lowest BCUT2D eigenvalue weighted by molar-refractivity contribution is -0.130. The van der Waals surface area contributed by atoms with Gasteiger partial charge in [-0.2, -0.15) is 0 Å². The fraction of sp³-hybridized carbons (Fsp3) is 0.500. The second-order valence-electron chi connectivity index (χ2n) is 14.3. The summed E-state index contributed by atoms with van der Waals surface area (Å²) >= 11 is 0. The van der Waals surface area contributed by atoms with Crippen molar-refractivity contribution >= 4 is 17.7 Å².